The van der Waals surface area contributed by atoms with Gasteiger partial charge in [0.1, 0.15) is 0 Å². The van der Waals surface area contributed by atoms with Crippen molar-refractivity contribution in [3.05, 3.63) is 0 Å². The average molecular weight is 155 g/mol. The van der Waals surface area contributed by atoms with Crippen LogP contribution in [0.2, 0.25) is 0 Å². The highest BCUT2D eigenvalue weighted by atomic mass is 16.6. The van der Waals surface area contributed by atoms with Crippen LogP contribution in [0.4, 0.5) is 0 Å². The van der Waals surface area contributed by atoms with Crippen LogP contribution >= 0.6 is 0 Å². The summed E-state index contributed by atoms with van der Waals surface area (Å²) in [5.74, 6) is 0.847. The van der Waals surface area contributed by atoms with Crippen molar-refractivity contribution in [1.82, 2.24) is 5.32 Å². The van der Waals surface area contributed by atoms with Crippen LogP contribution in [0.15, 0.2) is 0 Å². The molecule has 2 heteroatoms. The zero-order chi connectivity index (χ0) is 7.68. The molecular weight excluding hydrogens is 138 g/mol. The molecule has 3 atom stereocenters. The summed E-state index contributed by atoms with van der Waals surface area (Å²) in [7, 11) is 0. The van der Waals surface area contributed by atoms with Crippen molar-refractivity contribution < 1.29 is 4.74 Å². The first-order chi connectivity index (χ1) is 5.38. The Hall–Kier alpha value is -0.0800. The molecule has 0 aromatic rings. The maximum absolute atomic E-state index is 5.48. The average Bonchev–Trinajstić information content (AvgIpc) is 2.71. The highest BCUT2D eigenvalue weighted by Gasteiger charge is 2.40. The topological polar surface area (TPSA) is 24.6 Å². The second kappa shape index (κ2) is 3.11. The van der Waals surface area contributed by atoms with Crippen molar-refractivity contribution in [1.29, 1.82) is 0 Å². The van der Waals surface area contributed by atoms with Gasteiger partial charge in [0.2, 0.25) is 0 Å². The van der Waals surface area contributed by atoms with E-state index in [0.717, 1.165) is 5.92 Å². The second-order valence-corrected chi connectivity index (χ2v) is 3.75. The first-order valence-corrected chi connectivity index (χ1v) is 4.74. The van der Waals surface area contributed by atoms with Crippen LogP contribution < -0.4 is 5.32 Å². The van der Waals surface area contributed by atoms with Gasteiger partial charge in [0, 0.05) is 0 Å². The fraction of sp³-hybridized carbons (Fsp3) is 1.00. The third kappa shape index (κ3) is 1.74. The molecule has 0 aromatic heterocycles. The van der Waals surface area contributed by atoms with Gasteiger partial charge in [-0.15, -0.1) is 0 Å². The zero-order valence-electron chi connectivity index (χ0n) is 7.18. The van der Waals surface area contributed by atoms with Gasteiger partial charge >= 0.3 is 0 Å². The maximum Gasteiger partial charge on any atom is 0.0867 e. The van der Waals surface area contributed by atoms with Crippen molar-refractivity contribution >= 4 is 0 Å². The monoisotopic (exact) mass is 155 g/mol. The van der Waals surface area contributed by atoms with Crippen molar-refractivity contribution in [2.45, 2.75) is 38.4 Å². The predicted molar refractivity (Wildman–Crippen MR) is 44.5 cm³/mol. The van der Waals surface area contributed by atoms with Gasteiger partial charge in [-0.1, -0.05) is 0 Å². The molecule has 0 aliphatic carbocycles. The van der Waals surface area contributed by atoms with Crippen LogP contribution in [0.25, 0.3) is 0 Å². The van der Waals surface area contributed by atoms with Crippen molar-refractivity contribution in [2.24, 2.45) is 5.92 Å². The molecule has 2 saturated heterocycles. The molecule has 0 aromatic carbocycles. The minimum Gasteiger partial charge on any atom is -0.370 e. The maximum atomic E-state index is 5.48. The van der Waals surface area contributed by atoms with E-state index in [9.17, 15) is 0 Å². The van der Waals surface area contributed by atoms with E-state index in [0.29, 0.717) is 12.2 Å². The molecule has 0 spiro atoms. The summed E-state index contributed by atoms with van der Waals surface area (Å²) in [6, 6.07) is 0. The van der Waals surface area contributed by atoms with Crippen LogP contribution in [0.1, 0.15) is 26.2 Å². The Kier molecular flexibility index (Phi) is 2.14. The molecule has 2 nitrogen and oxygen atoms in total. The first kappa shape index (κ1) is 7.56. The minimum atomic E-state index is 0.554. The molecular formula is C9H17NO. The molecule has 0 saturated carbocycles. The zero-order valence-corrected chi connectivity index (χ0v) is 7.18. The molecule has 64 valence electrons. The fourth-order valence-corrected chi connectivity index (χ4v) is 2.07. The summed E-state index contributed by atoms with van der Waals surface area (Å²) in [5, 5.41) is 3.42. The normalized spacial score (nSPS) is 45.0. The predicted octanol–water partition coefficient (Wildman–Crippen LogP) is 1.16. The summed E-state index contributed by atoms with van der Waals surface area (Å²) < 4.78 is 5.48. The number of hydrogen-bond donors (Lipinski definition) is 1. The molecule has 2 aliphatic heterocycles. The Morgan fingerprint density at radius 3 is 2.82 bits per heavy atom. The molecule has 2 fully saturated rings. The highest BCUT2D eigenvalue weighted by Crippen LogP contribution is 2.34. The third-order valence-electron chi connectivity index (χ3n) is 2.84. The van der Waals surface area contributed by atoms with Crippen molar-refractivity contribution in [2.75, 3.05) is 13.1 Å². The third-order valence-corrected chi connectivity index (χ3v) is 2.84. The Labute approximate surface area is 68.3 Å². The SMILES string of the molecule is CC1O[C@@H]1C1CCCNCC1. The van der Waals surface area contributed by atoms with Gasteiger partial charge in [-0.05, 0) is 45.2 Å². The molecule has 11 heavy (non-hydrogen) atoms. The Morgan fingerprint density at radius 1 is 1.27 bits per heavy atom. The smallest absolute Gasteiger partial charge is 0.0867 e. The lowest BCUT2D eigenvalue weighted by Crippen LogP contribution is -2.15. The van der Waals surface area contributed by atoms with Gasteiger partial charge in [0.15, 0.2) is 0 Å². The lowest BCUT2D eigenvalue weighted by Gasteiger charge is -2.08. The van der Waals surface area contributed by atoms with E-state index < -0.39 is 0 Å². The van der Waals surface area contributed by atoms with Crippen LogP contribution in [-0.2, 0) is 4.74 Å². The van der Waals surface area contributed by atoms with E-state index in [1.165, 1.54) is 32.4 Å². The van der Waals surface area contributed by atoms with E-state index in [1.807, 2.05) is 0 Å². The lowest BCUT2D eigenvalue weighted by atomic mass is 9.95. The summed E-state index contributed by atoms with van der Waals surface area (Å²) in [4.78, 5) is 0. The molecule has 2 aliphatic rings. The van der Waals surface area contributed by atoms with Crippen LogP contribution in [0.5, 0.6) is 0 Å². The number of rotatable bonds is 1. The number of hydrogen-bond acceptors (Lipinski definition) is 2. The Bertz CT molecular complexity index is 130. The van der Waals surface area contributed by atoms with Crippen molar-refractivity contribution in [3.8, 4) is 0 Å². The summed E-state index contributed by atoms with van der Waals surface area (Å²) in [6.07, 6.45) is 5.17. The second-order valence-electron chi connectivity index (χ2n) is 3.75. The minimum absolute atomic E-state index is 0.554. The van der Waals surface area contributed by atoms with E-state index >= 15 is 0 Å². The molecule has 1 N–H and O–H groups in total. The number of nitrogens with one attached hydrogen (secondary N) is 1. The fourth-order valence-electron chi connectivity index (χ4n) is 2.07. The van der Waals surface area contributed by atoms with Crippen LogP contribution in [0.3, 0.4) is 0 Å². The molecule has 2 rings (SSSR count). The summed E-state index contributed by atoms with van der Waals surface area (Å²) in [6.45, 7) is 4.58. The first-order valence-electron chi connectivity index (χ1n) is 4.74. The molecule has 2 unspecified atom stereocenters. The summed E-state index contributed by atoms with van der Waals surface area (Å²) in [5.41, 5.74) is 0. The summed E-state index contributed by atoms with van der Waals surface area (Å²) >= 11 is 0. The van der Waals surface area contributed by atoms with Gasteiger partial charge in [0.05, 0.1) is 12.2 Å². The largest absolute Gasteiger partial charge is 0.370 e. The molecule has 2 heterocycles. The molecule has 0 bridgehead atoms. The van der Waals surface area contributed by atoms with Gasteiger partial charge in [0.25, 0.3) is 0 Å². The van der Waals surface area contributed by atoms with Gasteiger partial charge in [-0.3, -0.25) is 0 Å². The van der Waals surface area contributed by atoms with Gasteiger partial charge in [-0.25, -0.2) is 0 Å². The van der Waals surface area contributed by atoms with E-state index in [1.54, 1.807) is 0 Å². The lowest BCUT2D eigenvalue weighted by molar-refractivity contribution is 0.302. The molecule has 0 radical (unpaired) electrons. The van der Waals surface area contributed by atoms with Gasteiger partial charge in [-0.2, -0.15) is 0 Å². The Balaban J connectivity index is 1.82. The van der Waals surface area contributed by atoms with Crippen molar-refractivity contribution in [3.63, 3.8) is 0 Å². The van der Waals surface area contributed by atoms with Crippen LogP contribution in [-0.4, -0.2) is 25.3 Å². The highest BCUT2D eigenvalue weighted by molar-refractivity contribution is 4.88. The quantitative estimate of drug-likeness (QED) is 0.575. The van der Waals surface area contributed by atoms with E-state index in [2.05, 4.69) is 12.2 Å². The van der Waals surface area contributed by atoms with E-state index in [4.69, 9.17) is 4.74 Å². The number of epoxide rings is 1. The molecule has 0 amide bonds. The number of ether oxygens (including phenoxy) is 1. The van der Waals surface area contributed by atoms with Gasteiger partial charge < -0.3 is 10.1 Å². The Morgan fingerprint density at radius 2 is 2.09 bits per heavy atom. The van der Waals surface area contributed by atoms with E-state index in [-0.39, 0.29) is 0 Å². The standard InChI is InChI=1S/C9H17NO/c1-7-9(11-7)8-3-2-5-10-6-4-8/h7-10H,2-6H2,1H3/t7?,8?,9-/m0/s1. The van der Waals surface area contributed by atoms with Crippen LogP contribution in [0, 0.1) is 5.92 Å².